The highest BCUT2D eigenvalue weighted by molar-refractivity contribution is 5.99. The number of hydrogen-bond donors (Lipinski definition) is 3. The lowest BCUT2D eigenvalue weighted by Crippen LogP contribution is -2.30. The third-order valence-corrected chi connectivity index (χ3v) is 4.87. The third kappa shape index (κ3) is 4.71. The number of nitrogens with one attached hydrogen (secondary N) is 3. The molecule has 1 atom stereocenters. The van der Waals surface area contributed by atoms with Crippen molar-refractivity contribution in [2.24, 2.45) is 5.92 Å². The number of carbonyl (C=O) groups excluding carboxylic acids is 2. The first kappa shape index (κ1) is 18.7. The molecule has 0 saturated carbocycles. The van der Waals surface area contributed by atoms with Crippen molar-refractivity contribution >= 4 is 29.9 Å². The van der Waals surface area contributed by atoms with E-state index in [0.717, 1.165) is 36.3 Å². The maximum Gasteiger partial charge on any atom is 0.228 e. The number of carbonyl (C=O) groups is 2. The highest BCUT2D eigenvalue weighted by Gasteiger charge is 2.20. The summed E-state index contributed by atoms with van der Waals surface area (Å²) in [6, 6.07) is 5.89. The number of hydrogen-bond acceptors (Lipinski definition) is 3. The fourth-order valence-electron chi connectivity index (χ4n) is 3.42. The molecule has 1 saturated heterocycles. The Bertz CT molecular complexity index is 600. The van der Waals surface area contributed by atoms with E-state index in [4.69, 9.17) is 0 Å². The van der Waals surface area contributed by atoms with Gasteiger partial charge >= 0.3 is 0 Å². The summed E-state index contributed by atoms with van der Waals surface area (Å²) in [5.41, 5.74) is 2.96. The smallest absolute Gasteiger partial charge is 0.228 e. The van der Waals surface area contributed by atoms with Crippen LogP contribution >= 0.6 is 12.4 Å². The van der Waals surface area contributed by atoms with Crippen LogP contribution in [0.2, 0.25) is 0 Å². The van der Waals surface area contributed by atoms with Crippen LogP contribution in [-0.4, -0.2) is 24.9 Å². The number of piperidine rings is 1. The van der Waals surface area contributed by atoms with Gasteiger partial charge in [-0.2, -0.15) is 0 Å². The maximum atomic E-state index is 12.2. The summed E-state index contributed by atoms with van der Waals surface area (Å²) in [6.45, 7) is 4.14. The van der Waals surface area contributed by atoms with Crippen molar-refractivity contribution < 1.29 is 9.59 Å². The summed E-state index contributed by atoms with van der Waals surface area (Å²) >= 11 is 0. The van der Waals surface area contributed by atoms with Crippen LogP contribution in [0.1, 0.15) is 49.8 Å². The van der Waals surface area contributed by atoms with Crippen LogP contribution < -0.4 is 16.0 Å². The van der Waals surface area contributed by atoms with Crippen molar-refractivity contribution in [3.8, 4) is 0 Å². The average Bonchev–Trinajstić information content (AvgIpc) is 2.93. The van der Waals surface area contributed by atoms with Gasteiger partial charge in [0.05, 0.1) is 12.5 Å². The molecule has 1 fully saturated rings. The summed E-state index contributed by atoms with van der Waals surface area (Å²) in [4.78, 5) is 23.6. The Morgan fingerprint density at radius 3 is 2.83 bits per heavy atom. The van der Waals surface area contributed by atoms with E-state index >= 15 is 0 Å². The third-order valence-electron chi connectivity index (χ3n) is 4.87. The van der Waals surface area contributed by atoms with Crippen molar-refractivity contribution in [1.82, 2.24) is 10.6 Å². The SMILES string of the molecule is CC(NC(=O)CCC1CCNCC1)c1ccc2c(c1)CC(=O)N2.Cl. The van der Waals surface area contributed by atoms with E-state index in [-0.39, 0.29) is 30.3 Å². The minimum atomic E-state index is -0.0310. The predicted molar refractivity (Wildman–Crippen MR) is 97.4 cm³/mol. The molecular formula is C18H26ClN3O2. The van der Waals surface area contributed by atoms with Crippen LogP contribution in [0, 0.1) is 5.92 Å². The van der Waals surface area contributed by atoms with Gasteiger partial charge in [-0.1, -0.05) is 12.1 Å². The van der Waals surface area contributed by atoms with Crippen molar-refractivity contribution in [2.45, 2.75) is 45.1 Å². The Hall–Kier alpha value is -1.59. The molecule has 2 heterocycles. The first-order valence-electron chi connectivity index (χ1n) is 8.54. The van der Waals surface area contributed by atoms with E-state index in [1.54, 1.807) is 0 Å². The largest absolute Gasteiger partial charge is 0.350 e. The standard InChI is InChI=1S/C18H25N3O2.ClH/c1-12(14-3-4-16-15(10-14)11-18(23)21-16)20-17(22)5-2-13-6-8-19-9-7-13;/h3-4,10,12-13,19H,2,5-9,11H2,1H3,(H,20,22)(H,21,23);1H. The van der Waals surface area contributed by atoms with Gasteiger partial charge in [-0.3, -0.25) is 9.59 Å². The summed E-state index contributed by atoms with van der Waals surface area (Å²) < 4.78 is 0. The fourth-order valence-corrected chi connectivity index (χ4v) is 3.42. The zero-order chi connectivity index (χ0) is 16.2. The topological polar surface area (TPSA) is 70.2 Å². The average molecular weight is 352 g/mol. The normalized spacial score (nSPS) is 18.3. The predicted octanol–water partition coefficient (Wildman–Crippen LogP) is 2.56. The van der Waals surface area contributed by atoms with Gasteiger partial charge in [-0.25, -0.2) is 0 Å². The van der Waals surface area contributed by atoms with Gasteiger partial charge in [-0.15, -0.1) is 12.4 Å². The molecule has 2 aliphatic heterocycles. The first-order chi connectivity index (χ1) is 11.1. The van der Waals surface area contributed by atoms with Crippen molar-refractivity contribution in [3.63, 3.8) is 0 Å². The van der Waals surface area contributed by atoms with E-state index in [1.807, 2.05) is 25.1 Å². The quantitative estimate of drug-likeness (QED) is 0.763. The fraction of sp³-hybridized carbons (Fsp3) is 0.556. The van der Waals surface area contributed by atoms with Crippen LogP contribution in [0.25, 0.3) is 0 Å². The number of amides is 2. The zero-order valence-corrected chi connectivity index (χ0v) is 14.9. The van der Waals surface area contributed by atoms with E-state index in [1.165, 1.54) is 12.8 Å². The van der Waals surface area contributed by atoms with Crippen molar-refractivity contribution in [2.75, 3.05) is 18.4 Å². The monoisotopic (exact) mass is 351 g/mol. The highest BCUT2D eigenvalue weighted by atomic mass is 35.5. The second kappa shape index (κ2) is 8.49. The Balaban J connectivity index is 0.00000208. The maximum absolute atomic E-state index is 12.2. The van der Waals surface area contributed by atoms with Crippen molar-refractivity contribution in [3.05, 3.63) is 29.3 Å². The second-order valence-corrected chi connectivity index (χ2v) is 6.66. The Morgan fingerprint density at radius 1 is 1.33 bits per heavy atom. The molecule has 1 aromatic carbocycles. The minimum Gasteiger partial charge on any atom is -0.350 e. The van der Waals surface area contributed by atoms with Gasteiger partial charge in [0.2, 0.25) is 11.8 Å². The summed E-state index contributed by atoms with van der Waals surface area (Å²) in [5, 5.41) is 9.26. The molecule has 2 amide bonds. The molecule has 24 heavy (non-hydrogen) atoms. The van der Waals surface area contributed by atoms with E-state index in [0.29, 0.717) is 18.8 Å². The second-order valence-electron chi connectivity index (χ2n) is 6.66. The summed E-state index contributed by atoms with van der Waals surface area (Å²) in [5.74, 6) is 0.830. The first-order valence-corrected chi connectivity index (χ1v) is 8.54. The minimum absolute atomic E-state index is 0. The van der Waals surface area contributed by atoms with Crippen LogP contribution in [0.15, 0.2) is 18.2 Å². The van der Waals surface area contributed by atoms with Gasteiger partial charge in [-0.05, 0) is 62.4 Å². The highest BCUT2D eigenvalue weighted by Crippen LogP contribution is 2.26. The number of fused-ring (bicyclic) bond motifs is 1. The molecule has 0 aromatic heterocycles. The molecule has 3 N–H and O–H groups in total. The van der Waals surface area contributed by atoms with E-state index in [2.05, 4.69) is 16.0 Å². The van der Waals surface area contributed by atoms with Crippen LogP contribution in [-0.2, 0) is 16.0 Å². The van der Waals surface area contributed by atoms with Gasteiger partial charge in [0.15, 0.2) is 0 Å². The molecule has 1 unspecified atom stereocenters. The molecular weight excluding hydrogens is 326 g/mol. The number of anilines is 1. The molecule has 5 nitrogen and oxygen atoms in total. The summed E-state index contributed by atoms with van der Waals surface area (Å²) in [7, 11) is 0. The molecule has 132 valence electrons. The molecule has 2 aliphatic rings. The number of benzene rings is 1. The van der Waals surface area contributed by atoms with Crippen LogP contribution in [0.3, 0.4) is 0 Å². The lowest BCUT2D eigenvalue weighted by atomic mass is 9.93. The zero-order valence-electron chi connectivity index (χ0n) is 14.1. The van der Waals surface area contributed by atoms with Crippen LogP contribution in [0.4, 0.5) is 5.69 Å². The Kier molecular flexibility index (Phi) is 6.63. The Labute approximate surface area is 149 Å². The lowest BCUT2D eigenvalue weighted by Gasteiger charge is -2.22. The van der Waals surface area contributed by atoms with Gasteiger partial charge < -0.3 is 16.0 Å². The lowest BCUT2D eigenvalue weighted by molar-refractivity contribution is -0.122. The molecule has 1 aromatic rings. The molecule has 6 heteroatoms. The number of rotatable bonds is 5. The van der Waals surface area contributed by atoms with Gasteiger partial charge in [0.25, 0.3) is 0 Å². The Morgan fingerprint density at radius 2 is 2.08 bits per heavy atom. The summed E-state index contributed by atoms with van der Waals surface area (Å²) in [6.07, 6.45) is 4.35. The molecule has 0 radical (unpaired) electrons. The van der Waals surface area contributed by atoms with Crippen molar-refractivity contribution in [1.29, 1.82) is 0 Å². The van der Waals surface area contributed by atoms with Gasteiger partial charge in [0, 0.05) is 12.1 Å². The molecule has 0 bridgehead atoms. The molecule has 0 spiro atoms. The molecule has 0 aliphatic carbocycles. The van der Waals surface area contributed by atoms with Crippen LogP contribution in [0.5, 0.6) is 0 Å². The molecule has 3 rings (SSSR count). The van der Waals surface area contributed by atoms with E-state index in [9.17, 15) is 9.59 Å². The van der Waals surface area contributed by atoms with Gasteiger partial charge in [0.1, 0.15) is 0 Å². The number of halogens is 1. The van der Waals surface area contributed by atoms with E-state index < -0.39 is 0 Å².